The minimum absolute atomic E-state index is 0.0605. The van der Waals surface area contributed by atoms with Crippen LogP contribution in [0.2, 0.25) is 0 Å². The van der Waals surface area contributed by atoms with Gasteiger partial charge < -0.3 is 11.1 Å². The number of amides is 1. The fourth-order valence-corrected chi connectivity index (χ4v) is 1.10. The van der Waals surface area contributed by atoms with Crippen molar-refractivity contribution in [1.29, 1.82) is 0 Å². The van der Waals surface area contributed by atoms with E-state index in [9.17, 15) is 18.0 Å². The molecule has 1 aromatic rings. The van der Waals surface area contributed by atoms with Crippen LogP contribution in [0.1, 0.15) is 17.3 Å². The number of nitrogens with two attached hydrogens (primary N) is 1. The highest BCUT2D eigenvalue weighted by Crippen LogP contribution is 2.18. The number of carbonyl (C=O) groups excluding carboxylic acids is 1. The van der Waals surface area contributed by atoms with Crippen molar-refractivity contribution < 1.29 is 18.0 Å². The number of halogens is 3. The number of alkyl halides is 2. The van der Waals surface area contributed by atoms with E-state index in [0.29, 0.717) is 0 Å². The van der Waals surface area contributed by atoms with Crippen LogP contribution in [0.3, 0.4) is 0 Å². The maximum atomic E-state index is 13.2. The number of rotatable bonds is 4. The molecule has 0 spiro atoms. The van der Waals surface area contributed by atoms with Crippen LogP contribution in [0.25, 0.3) is 0 Å². The van der Waals surface area contributed by atoms with Crippen molar-refractivity contribution in [2.75, 3.05) is 5.32 Å². The maximum Gasteiger partial charge on any atom is 0.258 e. The number of hydrogen-bond acceptors (Lipinski definition) is 2. The average molecular weight is 232 g/mol. The van der Waals surface area contributed by atoms with Crippen molar-refractivity contribution >= 4 is 11.6 Å². The molecule has 1 unspecified atom stereocenters. The molecule has 1 aromatic carbocycles. The highest BCUT2D eigenvalue weighted by Gasteiger charge is 2.16. The van der Waals surface area contributed by atoms with Crippen LogP contribution in [0.4, 0.5) is 18.9 Å². The summed E-state index contributed by atoms with van der Waals surface area (Å²) in [5.41, 5.74) is 4.88. The number of hydrogen-bond donors (Lipinski definition) is 2. The van der Waals surface area contributed by atoms with Gasteiger partial charge in [0.1, 0.15) is 5.82 Å². The van der Waals surface area contributed by atoms with Crippen molar-refractivity contribution in [2.24, 2.45) is 5.73 Å². The Morgan fingerprint density at radius 3 is 2.56 bits per heavy atom. The zero-order valence-corrected chi connectivity index (χ0v) is 8.51. The third kappa shape index (κ3) is 2.88. The van der Waals surface area contributed by atoms with E-state index in [1.807, 2.05) is 0 Å². The maximum absolute atomic E-state index is 13.2. The van der Waals surface area contributed by atoms with E-state index in [2.05, 4.69) is 5.32 Å². The Morgan fingerprint density at radius 1 is 1.44 bits per heavy atom. The Labute approximate surface area is 90.4 Å². The van der Waals surface area contributed by atoms with Crippen molar-refractivity contribution in [3.63, 3.8) is 0 Å². The molecule has 0 saturated carbocycles. The van der Waals surface area contributed by atoms with Gasteiger partial charge in [-0.2, -0.15) is 0 Å². The van der Waals surface area contributed by atoms with Crippen molar-refractivity contribution in [3.05, 3.63) is 29.6 Å². The molecule has 0 radical (unpaired) electrons. The van der Waals surface area contributed by atoms with Crippen LogP contribution >= 0.6 is 0 Å². The van der Waals surface area contributed by atoms with E-state index < -0.39 is 24.2 Å². The van der Waals surface area contributed by atoms with Crippen molar-refractivity contribution in [1.82, 2.24) is 0 Å². The minimum atomic E-state index is -2.63. The SMILES string of the molecule is CC(Nc1cc(C(N)=O)ccc1F)C(F)F. The van der Waals surface area contributed by atoms with Gasteiger partial charge >= 0.3 is 0 Å². The zero-order valence-electron chi connectivity index (χ0n) is 8.51. The van der Waals surface area contributed by atoms with Gasteiger partial charge in [-0.3, -0.25) is 4.79 Å². The Bertz CT molecular complexity index is 396. The van der Waals surface area contributed by atoms with Crippen molar-refractivity contribution in [3.8, 4) is 0 Å². The third-order valence-electron chi connectivity index (χ3n) is 2.01. The van der Waals surface area contributed by atoms with Crippen molar-refractivity contribution in [2.45, 2.75) is 19.4 Å². The predicted octanol–water partition coefficient (Wildman–Crippen LogP) is 1.99. The normalized spacial score (nSPS) is 12.6. The van der Waals surface area contributed by atoms with Gasteiger partial charge in [0.25, 0.3) is 6.43 Å². The summed E-state index contributed by atoms with van der Waals surface area (Å²) in [7, 11) is 0. The van der Waals surface area contributed by atoms with Crippen LogP contribution in [0.5, 0.6) is 0 Å². The lowest BCUT2D eigenvalue weighted by Crippen LogP contribution is -2.24. The molecule has 0 fully saturated rings. The van der Waals surface area contributed by atoms with Gasteiger partial charge in [0.2, 0.25) is 5.91 Å². The second-order valence-corrected chi connectivity index (χ2v) is 3.33. The standard InChI is InChI=1S/C10H11F3N2O/c1-5(9(12)13)15-8-4-6(10(14)16)2-3-7(8)11/h2-5,9,15H,1H3,(H2,14,16). The average Bonchev–Trinajstić information content (AvgIpc) is 2.20. The molecular formula is C10H11F3N2O. The first-order valence-electron chi connectivity index (χ1n) is 4.56. The zero-order chi connectivity index (χ0) is 12.3. The molecule has 0 aliphatic heterocycles. The van der Waals surface area contributed by atoms with Gasteiger partial charge in [0.05, 0.1) is 11.7 Å². The highest BCUT2D eigenvalue weighted by molar-refractivity contribution is 5.93. The Hall–Kier alpha value is -1.72. The lowest BCUT2D eigenvalue weighted by atomic mass is 10.1. The number of benzene rings is 1. The van der Waals surface area contributed by atoms with Gasteiger partial charge in [0, 0.05) is 5.56 Å². The summed E-state index contributed by atoms with van der Waals surface area (Å²) in [6.45, 7) is 1.21. The van der Waals surface area contributed by atoms with E-state index in [1.165, 1.54) is 13.0 Å². The molecule has 3 nitrogen and oxygen atoms in total. The fraction of sp³-hybridized carbons (Fsp3) is 0.300. The number of primary amides is 1. The fourth-order valence-electron chi connectivity index (χ4n) is 1.10. The highest BCUT2D eigenvalue weighted by atomic mass is 19.3. The van der Waals surface area contributed by atoms with Crippen LogP contribution in [0, 0.1) is 5.82 Å². The summed E-state index contributed by atoms with van der Waals surface area (Å²) in [4.78, 5) is 10.8. The molecule has 0 aliphatic rings. The lowest BCUT2D eigenvalue weighted by molar-refractivity contribution is 0.100. The quantitative estimate of drug-likeness (QED) is 0.834. The topological polar surface area (TPSA) is 55.1 Å². The third-order valence-corrected chi connectivity index (χ3v) is 2.01. The second kappa shape index (κ2) is 4.87. The summed E-state index contributed by atoms with van der Waals surface area (Å²) < 4.78 is 37.7. The molecule has 0 saturated heterocycles. The van der Waals surface area contributed by atoms with Crippen LogP contribution < -0.4 is 11.1 Å². The Balaban J connectivity index is 2.94. The lowest BCUT2D eigenvalue weighted by Gasteiger charge is -2.15. The molecule has 1 rings (SSSR count). The minimum Gasteiger partial charge on any atom is -0.374 e. The molecule has 1 atom stereocenters. The van der Waals surface area contributed by atoms with Gasteiger partial charge in [0.15, 0.2) is 0 Å². The molecule has 88 valence electrons. The Kier molecular flexibility index (Phi) is 3.76. The first-order valence-corrected chi connectivity index (χ1v) is 4.56. The number of nitrogens with one attached hydrogen (secondary N) is 1. The molecule has 6 heteroatoms. The molecule has 0 aromatic heterocycles. The molecule has 0 heterocycles. The van der Waals surface area contributed by atoms with Gasteiger partial charge in [-0.1, -0.05) is 0 Å². The summed E-state index contributed by atoms with van der Waals surface area (Å²) in [6.07, 6.45) is -2.63. The molecule has 16 heavy (non-hydrogen) atoms. The first-order chi connectivity index (χ1) is 7.41. The summed E-state index contributed by atoms with van der Waals surface area (Å²) in [5.74, 6) is -1.45. The number of anilines is 1. The first kappa shape index (κ1) is 12.4. The van der Waals surface area contributed by atoms with Gasteiger partial charge in [-0.15, -0.1) is 0 Å². The van der Waals surface area contributed by atoms with Gasteiger partial charge in [-0.05, 0) is 25.1 Å². The van der Waals surface area contributed by atoms with E-state index >= 15 is 0 Å². The van der Waals surface area contributed by atoms with Crippen LogP contribution in [-0.2, 0) is 0 Å². The van der Waals surface area contributed by atoms with E-state index in [4.69, 9.17) is 5.73 Å². The van der Waals surface area contributed by atoms with E-state index in [0.717, 1.165) is 12.1 Å². The summed E-state index contributed by atoms with van der Waals surface area (Å²) in [5, 5.41) is 2.27. The molecule has 0 aliphatic carbocycles. The molecule has 0 bridgehead atoms. The molecular weight excluding hydrogens is 221 g/mol. The second-order valence-electron chi connectivity index (χ2n) is 3.33. The van der Waals surface area contributed by atoms with Crippen LogP contribution in [0.15, 0.2) is 18.2 Å². The smallest absolute Gasteiger partial charge is 0.258 e. The van der Waals surface area contributed by atoms with E-state index in [-0.39, 0.29) is 11.3 Å². The summed E-state index contributed by atoms with van der Waals surface area (Å²) >= 11 is 0. The largest absolute Gasteiger partial charge is 0.374 e. The summed E-state index contributed by atoms with van der Waals surface area (Å²) in [6, 6.07) is 2.09. The monoisotopic (exact) mass is 232 g/mol. The van der Waals surface area contributed by atoms with E-state index in [1.54, 1.807) is 0 Å². The predicted molar refractivity (Wildman–Crippen MR) is 54.0 cm³/mol. The molecule has 1 amide bonds. The van der Waals surface area contributed by atoms with Gasteiger partial charge in [-0.25, -0.2) is 13.2 Å². The number of carbonyl (C=O) groups is 1. The molecule has 3 N–H and O–H groups in total. The van der Waals surface area contributed by atoms with Crippen LogP contribution in [-0.4, -0.2) is 18.4 Å². The Morgan fingerprint density at radius 2 is 2.06 bits per heavy atom.